The molecule has 0 unspecified atom stereocenters. The Kier molecular flexibility index (Phi) is 5.19. The number of pyridine rings is 1. The molecule has 0 saturated carbocycles. The molecule has 5 rings (SSSR count). The van der Waals surface area contributed by atoms with Gasteiger partial charge in [0.2, 0.25) is 0 Å². The lowest BCUT2D eigenvalue weighted by molar-refractivity contribution is 0.0700. The third-order valence-electron chi connectivity index (χ3n) is 6.27. The van der Waals surface area contributed by atoms with E-state index in [-0.39, 0.29) is 23.8 Å². The third kappa shape index (κ3) is 3.55. The van der Waals surface area contributed by atoms with Crippen LogP contribution in [0, 0.1) is 0 Å². The minimum Gasteiger partial charge on any atom is -0.440 e. The number of oxazole rings is 1. The van der Waals surface area contributed by atoms with E-state index >= 15 is 0 Å². The average Bonchev–Trinajstić information content (AvgIpc) is 3.42. The fraction of sp³-hybridized carbons (Fsp3) is 0.440. The normalized spacial score (nSPS) is 17.2. The highest BCUT2D eigenvalue weighted by molar-refractivity contribution is 6.05. The zero-order chi connectivity index (χ0) is 22.4. The first-order valence-corrected chi connectivity index (χ1v) is 11.4. The number of carbonyl (C=O) groups is 1. The summed E-state index contributed by atoms with van der Waals surface area (Å²) in [5.74, 6) is 1.07. The maximum atomic E-state index is 13.7. The second-order valence-electron chi connectivity index (χ2n) is 9.28. The SMILES string of the molecule is CC(C)c1cc(C(=O)N2CCC[C@H](c3nc4ccccc4o3)C2)c2cnn(C(C)C)c2n1. The quantitative estimate of drug-likeness (QED) is 0.438. The highest BCUT2D eigenvalue weighted by Gasteiger charge is 2.30. The number of para-hydroxylation sites is 2. The van der Waals surface area contributed by atoms with Crippen molar-refractivity contribution in [1.82, 2.24) is 24.6 Å². The number of carbonyl (C=O) groups excluding carboxylic acids is 1. The Labute approximate surface area is 187 Å². The predicted octanol–water partition coefficient (Wildman–Crippen LogP) is 5.30. The van der Waals surface area contributed by atoms with Gasteiger partial charge in [-0.15, -0.1) is 0 Å². The molecule has 1 amide bonds. The van der Waals surface area contributed by atoms with Crippen molar-refractivity contribution < 1.29 is 9.21 Å². The largest absolute Gasteiger partial charge is 0.440 e. The van der Waals surface area contributed by atoms with Crippen molar-refractivity contribution in [3.05, 3.63) is 53.7 Å². The van der Waals surface area contributed by atoms with Gasteiger partial charge in [-0.05, 0) is 50.8 Å². The summed E-state index contributed by atoms with van der Waals surface area (Å²) in [7, 11) is 0. The second kappa shape index (κ2) is 8.04. The van der Waals surface area contributed by atoms with E-state index in [9.17, 15) is 4.79 Å². The molecule has 4 aromatic rings. The summed E-state index contributed by atoms with van der Waals surface area (Å²) in [6.45, 7) is 9.69. The molecule has 0 bridgehead atoms. The highest BCUT2D eigenvalue weighted by atomic mass is 16.3. The van der Waals surface area contributed by atoms with Crippen molar-refractivity contribution in [1.29, 1.82) is 0 Å². The van der Waals surface area contributed by atoms with E-state index < -0.39 is 0 Å². The topological polar surface area (TPSA) is 77.0 Å². The van der Waals surface area contributed by atoms with E-state index in [1.165, 1.54) is 0 Å². The van der Waals surface area contributed by atoms with E-state index in [1.54, 1.807) is 6.20 Å². The number of hydrogen-bond acceptors (Lipinski definition) is 5. The number of hydrogen-bond donors (Lipinski definition) is 0. The first kappa shape index (κ1) is 20.7. The van der Waals surface area contributed by atoms with Gasteiger partial charge in [0.05, 0.1) is 23.1 Å². The lowest BCUT2D eigenvalue weighted by atomic mass is 9.96. The van der Waals surface area contributed by atoms with Crippen LogP contribution in [0.2, 0.25) is 0 Å². The van der Waals surface area contributed by atoms with Crippen LogP contribution in [0.25, 0.3) is 22.1 Å². The summed E-state index contributed by atoms with van der Waals surface area (Å²) >= 11 is 0. The van der Waals surface area contributed by atoms with Crippen LogP contribution in [0.5, 0.6) is 0 Å². The molecule has 0 spiro atoms. The monoisotopic (exact) mass is 431 g/mol. The number of fused-ring (bicyclic) bond motifs is 2. The molecule has 7 nitrogen and oxygen atoms in total. The minimum atomic E-state index is 0.0309. The Morgan fingerprint density at radius 2 is 1.97 bits per heavy atom. The summed E-state index contributed by atoms with van der Waals surface area (Å²) < 4.78 is 7.92. The molecule has 0 N–H and O–H groups in total. The molecule has 1 aromatic carbocycles. The van der Waals surface area contributed by atoms with Crippen molar-refractivity contribution in [2.24, 2.45) is 0 Å². The molecular weight excluding hydrogens is 402 g/mol. The van der Waals surface area contributed by atoms with Gasteiger partial charge in [0.1, 0.15) is 5.52 Å². The fourth-order valence-corrected chi connectivity index (χ4v) is 4.49. The second-order valence-corrected chi connectivity index (χ2v) is 9.28. The van der Waals surface area contributed by atoms with Gasteiger partial charge in [0, 0.05) is 24.8 Å². The summed E-state index contributed by atoms with van der Waals surface area (Å²) in [6, 6.07) is 9.93. The molecule has 32 heavy (non-hydrogen) atoms. The number of amides is 1. The molecule has 0 aliphatic carbocycles. The van der Waals surface area contributed by atoms with Crippen LogP contribution in [0.15, 0.2) is 40.9 Å². The fourth-order valence-electron chi connectivity index (χ4n) is 4.49. The Morgan fingerprint density at radius 1 is 1.16 bits per heavy atom. The number of nitrogens with zero attached hydrogens (tertiary/aromatic N) is 5. The van der Waals surface area contributed by atoms with Crippen LogP contribution >= 0.6 is 0 Å². The Morgan fingerprint density at radius 3 is 2.72 bits per heavy atom. The number of piperidine rings is 1. The molecule has 166 valence electrons. The van der Waals surface area contributed by atoms with Crippen LogP contribution in [0.4, 0.5) is 0 Å². The Hall–Kier alpha value is -3.22. The highest BCUT2D eigenvalue weighted by Crippen LogP contribution is 2.31. The molecular formula is C25H29N5O2. The van der Waals surface area contributed by atoms with E-state index in [0.29, 0.717) is 12.1 Å². The Balaban J connectivity index is 1.49. The van der Waals surface area contributed by atoms with Gasteiger partial charge in [-0.1, -0.05) is 26.0 Å². The molecule has 7 heteroatoms. The number of aromatic nitrogens is 4. The standard InChI is InChI=1S/C25H29N5O2/c1-15(2)21-12-18(19-13-26-30(16(3)4)23(19)27-21)25(31)29-11-7-8-17(14-29)24-28-20-9-5-6-10-22(20)32-24/h5-6,9-10,12-13,15-17H,7-8,11,14H2,1-4H3/t17-/m0/s1. The van der Waals surface area contributed by atoms with E-state index in [1.807, 2.05) is 39.9 Å². The van der Waals surface area contributed by atoms with Crippen molar-refractivity contribution >= 4 is 28.0 Å². The van der Waals surface area contributed by atoms with Crippen LogP contribution in [-0.4, -0.2) is 43.6 Å². The molecule has 1 aliphatic rings. The summed E-state index contributed by atoms with van der Waals surface area (Å²) in [5, 5.41) is 5.35. The minimum absolute atomic E-state index is 0.0309. The zero-order valence-electron chi connectivity index (χ0n) is 19.1. The molecule has 3 aromatic heterocycles. The van der Waals surface area contributed by atoms with Gasteiger partial charge in [-0.2, -0.15) is 5.10 Å². The lowest BCUT2D eigenvalue weighted by Crippen LogP contribution is -2.39. The lowest BCUT2D eigenvalue weighted by Gasteiger charge is -2.31. The van der Waals surface area contributed by atoms with Crippen molar-refractivity contribution in [3.63, 3.8) is 0 Å². The molecule has 1 atom stereocenters. The van der Waals surface area contributed by atoms with Crippen LogP contribution in [0.1, 0.15) is 80.4 Å². The number of likely N-dealkylation sites (tertiary alicyclic amines) is 1. The summed E-state index contributed by atoms with van der Waals surface area (Å²) in [4.78, 5) is 25.2. The predicted molar refractivity (Wildman–Crippen MR) is 124 cm³/mol. The first-order chi connectivity index (χ1) is 15.4. The van der Waals surface area contributed by atoms with Crippen LogP contribution < -0.4 is 0 Å². The van der Waals surface area contributed by atoms with Crippen molar-refractivity contribution in [2.45, 2.75) is 58.4 Å². The van der Waals surface area contributed by atoms with Crippen LogP contribution in [-0.2, 0) is 0 Å². The zero-order valence-corrected chi connectivity index (χ0v) is 19.1. The molecule has 1 saturated heterocycles. The third-order valence-corrected chi connectivity index (χ3v) is 6.27. The van der Waals surface area contributed by atoms with Crippen molar-refractivity contribution in [3.8, 4) is 0 Å². The maximum Gasteiger partial charge on any atom is 0.254 e. The van der Waals surface area contributed by atoms with Crippen LogP contribution in [0.3, 0.4) is 0 Å². The molecule has 1 fully saturated rings. The van der Waals surface area contributed by atoms with Crippen molar-refractivity contribution in [2.75, 3.05) is 13.1 Å². The van der Waals surface area contributed by atoms with Gasteiger partial charge < -0.3 is 9.32 Å². The molecule has 1 aliphatic heterocycles. The average molecular weight is 432 g/mol. The maximum absolute atomic E-state index is 13.7. The summed E-state index contributed by atoms with van der Waals surface area (Å²) in [6.07, 6.45) is 3.67. The van der Waals surface area contributed by atoms with Gasteiger partial charge in [0.15, 0.2) is 17.1 Å². The van der Waals surface area contributed by atoms with E-state index in [4.69, 9.17) is 9.40 Å². The van der Waals surface area contributed by atoms with Gasteiger partial charge in [-0.3, -0.25) is 4.79 Å². The Bertz CT molecular complexity index is 1250. The van der Waals surface area contributed by atoms with E-state index in [0.717, 1.165) is 53.1 Å². The molecule has 0 radical (unpaired) electrons. The van der Waals surface area contributed by atoms with Gasteiger partial charge in [-0.25, -0.2) is 14.6 Å². The number of rotatable bonds is 4. The first-order valence-electron chi connectivity index (χ1n) is 11.4. The van der Waals surface area contributed by atoms with Gasteiger partial charge in [0.25, 0.3) is 5.91 Å². The summed E-state index contributed by atoms with van der Waals surface area (Å²) in [5.41, 5.74) is 4.04. The van der Waals surface area contributed by atoms with Gasteiger partial charge >= 0.3 is 0 Å². The van der Waals surface area contributed by atoms with E-state index in [2.05, 4.69) is 37.8 Å². The number of benzene rings is 1. The smallest absolute Gasteiger partial charge is 0.254 e. The molecule has 4 heterocycles.